The number of hydrogen-bond acceptors (Lipinski definition) is 4. The van der Waals surface area contributed by atoms with E-state index in [1.54, 1.807) is 0 Å². The van der Waals surface area contributed by atoms with E-state index in [2.05, 4.69) is 10.3 Å². The fraction of sp³-hybridized carbons (Fsp3) is 0.556. The van der Waals surface area contributed by atoms with Crippen LogP contribution in [0.1, 0.15) is 37.5 Å². The van der Waals surface area contributed by atoms with Crippen molar-refractivity contribution in [2.45, 2.75) is 37.7 Å². The average molecular weight is 329 g/mol. The molecule has 2 saturated heterocycles. The number of amides is 2. The Hall–Kier alpha value is -2.08. The van der Waals surface area contributed by atoms with Gasteiger partial charge in [-0.15, -0.1) is 0 Å². The Balaban J connectivity index is 1.30. The summed E-state index contributed by atoms with van der Waals surface area (Å²) in [6.45, 7) is 2.90. The maximum absolute atomic E-state index is 12.3. The number of rotatable bonds is 3. The number of likely N-dealkylation sites (tertiary alicyclic amines) is 1. The molecule has 1 atom stereocenters. The number of para-hydroxylation sites is 2. The van der Waals surface area contributed by atoms with E-state index in [1.165, 1.54) is 0 Å². The summed E-state index contributed by atoms with van der Waals surface area (Å²) in [4.78, 5) is 18.7. The maximum atomic E-state index is 12.3. The minimum atomic E-state index is 0.0153. The van der Waals surface area contributed by atoms with E-state index in [0.29, 0.717) is 12.5 Å². The van der Waals surface area contributed by atoms with Gasteiger partial charge < -0.3 is 19.4 Å². The van der Waals surface area contributed by atoms with E-state index in [1.807, 2.05) is 29.2 Å². The van der Waals surface area contributed by atoms with Gasteiger partial charge in [-0.3, -0.25) is 0 Å². The van der Waals surface area contributed by atoms with E-state index in [0.717, 1.165) is 62.4 Å². The van der Waals surface area contributed by atoms with Gasteiger partial charge in [-0.2, -0.15) is 0 Å². The van der Waals surface area contributed by atoms with Crippen LogP contribution in [0.4, 0.5) is 4.79 Å². The van der Waals surface area contributed by atoms with Gasteiger partial charge >= 0.3 is 6.03 Å². The van der Waals surface area contributed by atoms with Gasteiger partial charge in [0.05, 0.1) is 6.10 Å². The van der Waals surface area contributed by atoms with Crippen LogP contribution in [0.3, 0.4) is 0 Å². The van der Waals surface area contributed by atoms with Crippen molar-refractivity contribution in [1.29, 1.82) is 0 Å². The summed E-state index contributed by atoms with van der Waals surface area (Å²) in [5, 5.41) is 2.99. The number of carbonyl (C=O) groups excluding carboxylic acids is 1. The number of ether oxygens (including phenoxy) is 1. The van der Waals surface area contributed by atoms with E-state index in [9.17, 15) is 4.79 Å². The van der Waals surface area contributed by atoms with Crippen molar-refractivity contribution in [1.82, 2.24) is 15.2 Å². The SMILES string of the molecule is O=C(NCC1CCCO1)N1CCC(c2nc3ccccc3o2)CC1. The van der Waals surface area contributed by atoms with Gasteiger partial charge in [-0.1, -0.05) is 12.1 Å². The zero-order chi connectivity index (χ0) is 16.4. The highest BCUT2D eigenvalue weighted by Crippen LogP contribution is 2.29. The molecular formula is C18H23N3O3. The van der Waals surface area contributed by atoms with Crippen LogP contribution in [-0.4, -0.2) is 48.3 Å². The Morgan fingerprint density at radius 2 is 2.08 bits per heavy atom. The highest BCUT2D eigenvalue weighted by molar-refractivity contribution is 5.74. The quantitative estimate of drug-likeness (QED) is 0.940. The van der Waals surface area contributed by atoms with Crippen LogP contribution in [0.15, 0.2) is 28.7 Å². The Kier molecular flexibility index (Phi) is 4.38. The van der Waals surface area contributed by atoms with Gasteiger partial charge in [-0.25, -0.2) is 9.78 Å². The number of aromatic nitrogens is 1. The number of fused-ring (bicyclic) bond motifs is 1. The number of hydrogen-bond donors (Lipinski definition) is 1. The number of nitrogens with one attached hydrogen (secondary N) is 1. The van der Waals surface area contributed by atoms with Crippen molar-refractivity contribution in [2.24, 2.45) is 0 Å². The third-order valence-electron chi connectivity index (χ3n) is 4.95. The monoisotopic (exact) mass is 329 g/mol. The standard InChI is InChI=1S/C18H23N3O3/c22-18(19-12-14-4-3-11-23-14)21-9-7-13(8-10-21)17-20-15-5-1-2-6-16(15)24-17/h1-2,5-6,13-14H,3-4,7-12H2,(H,19,22). The lowest BCUT2D eigenvalue weighted by molar-refractivity contribution is 0.107. The second-order valence-electron chi connectivity index (χ2n) is 6.60. The molecular weight excluding hydrogens is 306 g/mol. The summed E-state index contributed by atoms with van der Waals surface area (Å²) in [7, 11) is 0. The van der Waals surface area contributed by atoms with Crippen LogP contribution in [0, 0.1) is 0 Å². The van der Waals surface area contributed by atoms with Gasteiger partial charge in [0.15, 0.2) is 11.5 Å². The minimum Gasteiger partial charge on any atom is -0.440 e. The van der Waals surface area contributed by atoms with Crippen molar-refractivity contribution in [3.8, 4) is 0 Å². The molecule has 128 valence electrons. The smallest absolute Gasteiger partial charge is 0.317 e. The highest BCUT2D eigenvalue weighted by atomic mass is 16.5. The van der Waals surface area contributed by atoms with Gasteiger partial charge in [0, 0.05) is 32.2 Å². The first-order chi connectivity index (χ1) is 11.8. The van der Waals surface area contributed by atoms with Crippen LogP contribution in [0.2, 0.25) is 0 Å². The number of oxazole rings is 1. The topological polar surface area (TPSA) is 67.6 Å². The summed E-state index contributed by atoms with van der Waals surface area (Å²) < 4.78 is 11.4. The number of benzene rings is 1. The normalized spacial score (nSPS) is 22.2. The minimum absolute atomic E-state index is 0.0153. The number of nitrogens with zero attached hydrogens (tertiary/aromatic N) is 2. The zero-order valence-electron chi connectivity index (χ0n) is 13.7. The Labute approximate surface area is 141 Å². The molecule has 1 aromatic carbocycles. The lowest BCUT2D eigenvalue weighted by atomic mass is 9.97. The third-order valence-corrected chi connectivity index (χ3v) is 4.95. The van der Waals surface area contributed by atoms with Crippen molar-refractivity contribution in [3.05, 3.63) is 30.2 Å². The molecule has 0 saturated carbocycles. The lowest BCUT2D eigenvalue weighted by Gasteiger charge is -2.31. The third kappa shape index (κ3) is 3.24. The summed E-state index contributed by atoms with van der Waals surface area (Å²) in [6, 6.07) is 7.85. The molecule has 4 rings (SSSR count). The molecule has 2 aliphatic heterocycles. The second-order valence-corrected chi connectivity index (χ2v) is 6.60. The molecule has 1 N–H and O–H groups in total. The number of piperidine rings is 1. The molecule has 2 aliphatic rings. The van der Waals surface area contributed by atoms with Crippen molar-refractivity contribution in [2.75, 3.05) is 26.2 Å². The van der Waals surface area contributed by atoms with Crippen molar-refractivity contribution in [3.63, 3.8) is 0 Å². The molecule has 6 heteroatoms. The van der Waals surface area contributed by atoms with E-state index < -0.39 is 0 Å². The largest absolute Gasteiger partial charge is 0.440 e. The number of carbonyl (C=O) groups is 1. The molecule has 0 bridgehead atoms. The van der Waals surface area contributed by atoms with Gasteiger partial charge in [0.1, 0.15) is 5.52 Å². The molecule has 1 aromatic heterocycles. The summed E-state index contributed by atoms with van der Waals surface area (Å²) in [5.74, 6) is 1.09. The molecule has 0 aliphatic carbocycles. The highest BCUT2D eigenvalue weighted by Gasteiger charge is 2.27. The Morgan fingerprint density at radius 1 is 1.25 bits per heavy atom. The molecule has 2 aromatic rings. The van der Waals surface area contributed by atoms with E-state index in [-0.39, 0.29) is 12.1 Å². The van der Waals surface area contributed by atoms with Gasteiger partial charge in [0.25, 0.3) is 0 Å². The molecule has 0 spiro atoms. The number of urea groups is 1. The predicted octanol–water partition coefficient (Wildman–Crippen LogP) is 2.90. The van der Waals surface area contributed by atoms with E-state index in [4.69, 9.17) is 9.15 Å². The first-order valence-electron chi connectivity index (χ1n) is 8.79. The van der Waals surface area contributed by atoms with Crippen LogP contribution < -0.4 is 5.32 Å². The molecule has 2 fully saturated rings. The molecule has 2 amide bonds. The maximum Gasteiger partial charge on any atom is 0.317 e. The fourth-order valence-electron chi connectivity index (χ4n) is 3.51. The van der Waals surface area contributed by atoms with Crippen molar-refractivity contribution < 1.29 is 13.9 Å². The summed E-state index contributed by atoms with van der Waals surface area (Å²) in [5.41, 5.74) is 1.74. The molecule has 0 radical (unpaired) electrons. The van der Waals surface area contributed by atoms with Crippen LogP contribution in [0.25, 0.3) is 11.1 Å². The van der Waals surface area contributed by atoms with Crippen LogP contribution in [-0.2, 0) is 4.74 Å². The van der Waals surface area contributed by atoms with Crippen LogP contribution >= 0.6 is 0 Å². The van der Waals surface area contributed by atoms with Gasteiger partial charge in [0.2, 0.25) is 0 Å². The molecule has 6 nitrogen and oxygen atoms in total. The first-order valence-corrected chi connectivity index (χ1v) is 8.79. The first kappa shape index (κ1) is 15.4. The van der Waals surface area contributed by atoms with Crippen LogP contribution in [0.5, 0.6) is 0 Å². The Morgan fingerprint density at radius 3 is 2.83 bits per heavy atom. The molecule has 3 heterocycles. The van der Waals surface area contributed by atoms with Gasteiger partial charge in [-0.05, 0) is 37.8 Å². The fourth-order valence-corrected chi connectivity index (χ4v) is 3.51. The van der Waals surface area contributed by atoms with Crippen molar-refractivity contribution >= 4 is 17.1 Å². The summed E-state index contributed by atoms with van der Waals surface area (Å²) >= 11 is 0. The van der Waals surface area contributed by atoms with E-state index >= 15 is 0 Å². The lowest BCUT2D eigenvalue weighted by Crippen LogP contribution is -2.46. The average Bonchev–Trinajstić information content (AvgIpc) is 3.29. The summed E-state index contributed by atoms with van der Waals surface area (Å²) in [6.07, 6.45) is 4.10. The Bertz CT molecular complexity index is 667. The zero-order valence-corrected chi connectivity index (χ0v) is 13.7. The second kappa shape index (κ2) is 6.81. The predicted molar refractivity (Wildman–Crippen MR) is 89.9 cm³/mol. The molecule has 24 heavy (non-hydrogen) atoms. The molecule has 1 unspecified atom stereocenters.